The third-order valence-electron chi connectivity index (χ3n) is 4.79. The second kappa shape index (κ2) is 10.7. The largest absolute Gasteiger partial charge is 0.497 e. The number of anilines is 2. The number of para-hydroxylation sites is 2. The van der Waals surface area contributed by atoms with Crippen molar-refractivity contribution in [3.05, 3.63) is 84.2 Å². The lowest BCUT2D eigenvalue weighted by atomic mass is 10.1. The van der Waals surface area contributed by atoms with Crippen molar-refractivity contribution in [3.8, 4) is 5.75 Å². The maximum Gasteiger partial charge on any atom is 0.261 e. The van der Waals surface area contributed by atoms with E-state index in [1.54, 1.807) is 49.6 Å². The van der Waals surface area contributed by atoms with E-state index < -0.39 is 15.8 Å². The van der Waals surface area contributed by atoms with Crippen molar-refractivity contribution in [1.29, 1.82) is 0 Å². The summed E-state index contributed by atoms with van der Waals surface area (Å²) in [6.07, 6.45) is 0.611. The van der Waals surface area contributed by atoms with E-state index in [1.165, 1.54) is 6.07 Å². The average molecular weight is 471 g/mol. The number of nitrogens with one attached hydrogen (secondary N) is 2. The van der Waals surface area contributed by atoms with Gasteiger partial charge < -0.3 is 10.1 Å². The Labute approximate surface area is 191 Å². The number of methoxy groups -OCH3 is 1. The fourth-order valence-corrected chi connectivity index (χ4v) is 4.12. The number of amides is 1. The Morgan fingerprint density at radius 2 is 1.52 bits per heavy atom. The van der Waals surface area contributed by atoms with Gasteiger partial charge in [0.2, 0.25) is 5.91 Å². The summed E-state index contributed by atoms with van der Waals surface area (Å²) in [7, 11) is -2.43. The molecular weight excluding hydrogens is 447 g/mol. The summed E-state index contributed by atoms with van der Waals surface area (Å²) in [4.78, 5) is 24.6. The molecule has 3 aromatic rings. The van der Waals surface area contributed by atoms with Gasteiger partial charge in [0.15, 0.2) is 5.78 Å². The Hall–Kier alpha value is -3.72. The number of hydrogen-bond donors (Lipinski definition) is 2. The average Bonchev–Trinajstić information content (AvgIpc) is 2.80. The summed E-state index contributed by atoms with van der Waals surface area (Å²) in [6.45, 7) is 0. The smallest absolute Gasteiger partial charge is 0.261 e. The predicted octanol–water partition coefficient (Wildman–Crippen LogP) is 4.63. The van der Waals surface area contributed by atoms with Crippen LogP contribution in [0.1, 0.15) is 29.6 Å². The molecule has 0 fully saturated rings. The van der Waals surface area contributed by atoms with Gasteiger partial charge in [-0.3, -0.25) is 14.3 Å². The second-order valence-corrected chi connectivity index (χ2v) is 8.84. The molecule has 0 aliphatic rings. The number of Topliss-reactive ketones (excluding diaryl/α,β-unsaturated/α-hetero) is 1. The molecule has 0 unspecified atom stereocenters. The number of ketones is 1. The van der Waals surface area contributed by atoms with Gasteiger partial charge in [0.05, 0.1) is 23.4 Å². The Kier molecular flexibility index (Phi) is 7.78. The maximum atomic E-state index is 13.1. The van der Waals surface area contributed by atoms with Crippen LogP contribution in [-0.4, -0.2) is 27.2 Å². The molecule has 0 radical (unpaired) electrons. The highest BCUT2D eigenvalue weighted by Crippen LogP contribution is 2.25. The third kappa shape index (κ3) is 6.63. The lowest BCUT2D eigenvalue weighted by molar-refractivity contribution is -0.116. The van der Waals surface area contributed by atoms with Gasteiger partial charge >= 0.3 is 0 Å². The fourth-order valence-electron chi connectivity index (χ4n) is 3.04. The maximum absolute atomic E-state index is 13.1. The molecule has 0 saturated carbocycles. The highest BCUT2D eigenvalue weighted by Gasteiger charge is 2.17. The van der Waals surface area contributed by atoms with Gasteiger partial charge in [0.25, 0.3) is 10.0 Å². The lowest BCUT2D eigenvalue weighted by Crippen LogP contribution is -2.17. The van der Waals surface area contributed by atoms with E-state index in [1.807, 2.05) is 0 Å². The molecule has 0 aliphatic carbocycles. The summed E-state index contributed by atoms with van der Waals surface area (Å²) >= 11 is 0. The Morgan fingerprint density at radius 1 is 0.879 bits per heavy atom. The minimum absolute atomic E-state index is 0.0843. The van der Waals surface area contributed by atoms with Crippen molar-refractivity contribution in [1.82, 2.24) is 0 Å². The zero-order valence-corrected chi connectivity index (χ0v) is 18.7. The van der Waals surface area contributed by atoms with E-state index in [9.17, 15) is 22.4 Å². The minimum atomic E-state index is -3.97. The SMILES string of the molecule is COc1ccc(C(=O)CCCC(=O)Nc2ccccc2NS(=O)(=O)c2ccc(F)cc2)cc1. The van der Waals surface area contributed by atoms with Crippen molar-refractivity contribution in [2.45, 2.75) is 24.2 Å². The van der Waals surface area contributed by atoms with Crippen LogP contribution in [-0.2, 0) is 14.8 Å². The summed E-state index contributed by atoms with van der Waals surface area (Å²) < 4.78 is 45.7. The van der Waals surface area contributed by atoms with E-state index in [0.717, 1.165) is 24.3 Å². The van der Waals surface area contributed by atoms with Crippen LogP contribution in [0.25, 0.3) is 0 Å². The predicted molar refractivity (Wildman–Crippen MR) is 123 cm³/mol. The number of benzene rings is 3. The lowest BCUT2D eigenvalue weighted by Gasteiger charge is -2.13. The van der Waals surface area contributed by atoms with Crippen LogP contribution in [0.4, 0.5) is 15.8 Å². The monoisotopic (exact) mass is 470 g/mol. The molecule has 172 valence electrons. The molecule has 33 heavy (non-hydrogen) atoms. The number of halogens is 1. The zero-order chi connectivity index (χ0) is 23.8. The van der Waals surface area contributed by atoms with Gasteiger partial charge in [-0.1, -0.05) is 12.1 Å². The quantitative estimate of drug-likeness (QED) is 0.421. The molecule has 0 saturated heterocycles. The van der Waals surface area contributed by atoms with Crippen molar-refractivity contribution in [2.24, 2.45) is 0 Å². The van der Waals surface area contributed by atoms with Crippen LogP contribution in [0.3, 0.4) is 0 Å². The third-order valence-corrected chi connectivity index (χ3v) is 6.17. The van der Waals surface area contributed by atoms with E-state index in [2.05, 4.69) is 10.0 Å². The Bertz CT molecular complexity index is 1230. The standard InChI is InChI=1S/C24H23FN2O5S/c1-32-19-13-9-17(10-14-19)23(28)7-4-8-24(29)26-21-5-2-3-6-22(21)27-33(30,31)20-15-11-18(25)12-16-20/h2-3,5-6,9-16,27H,4,7-8H2,1H3,(H,26,29). The van der Waals surface area contributed by atoms with E-state index in [-0.39, 0.29) is 40.8 Å². The van der Waals surface area contributed by atoms with Crippen molar-refractivity contribution < 1.29 is 27.1 Å². The number of sulfonamides is 1. The normalized spacial score (nSPS) is 11.0. The molecule has 3 aromatic carbocycles. The van der Waals surface area contributed by atoms with Gasteiger partial charge in [-0.2, -0.15) is 0 Å². The number of rotatable bonds is 10. The second-order valence-electron chi connectivity index (χ2n) is 7.16. The molecule has 3 rings (SSSR count). The molecule has 9 heteroatoms. The first-order valence-electron chi connectivity index (χ1n) is 10.1. The van der Waals surface area contributed by atoms with Crippen molar-refractivity contribution in [2.75, 3.05) is 17.1 Å². The van der Waals surface area contributed by atoms with Crippen LogP contribution >= 0.6 is 0 Å². The molecule has 0 aromatic heterocycles. The van der Waals surface area contributed by atoms with Crippen LogP contribution in [0.15, 0.2) is 77.7 Å². The first kappa shape index (κ1) is 23.9. The number of ether oxygens (including phenoxy) is 1. The minimum Gasteiger partial charge on any atom is -0.497 e. The summed E-state index contributed by atoms with van der Waals surface area (Å²) in [5.74, 6) is -0.337. The van der Waals surface area contributed by atoms with Crippen molar-refractivity contribution in [3.63, 3.8) is 0 Å². The van der Waals surface area contributed by atoms with E-state index >= 15 is 0 Å². The van der Waals surface area contributed by atoms with E-state index in [0.29, 0.717) is 17.7 Å². The molecule has 0 heterocycles. The molecule has 1 amide bonds. The van der Waals surface area contributed by atoms with Crippen LogP contribution < -0.4 is 14.8 Å². The zero-order valence-electron chi connectivity index (χ0n) is 17.9. The van der Waals surface area contributed by atoms with Gasteiger partial charge in [-0.25, -0.2) is 12.8 Å². The molecule has 0 aliphatic heterocycles. The first-order valence-corrected chi connectivity index (χ1v) is 11.6. The van der Waals surface area contributed by atoms with Gasteiger partial charge in [-0.05, 0) is 67.1 Å². The molecule has 0 spiro atoms. The fraction of sp³-hybridized carbons (Fsp3) is 0.167. The molecule has 0 atom stereocenters. The van der Waals surface area contributed by atoms with Crippen LogP contribution in [0.5, 0.6) is 5.75 Å². The summed E-state index contributed by atoms with van der Waals surface area (Å²) in [5, 5.41) is 2.67. The first-order chi connectivity index (χ1) is 15.8. The Morgan fingerprint density at radius 3 is 2.15 bits per heavy atom. The molecule has 2 N–H and O–H groups in total. The molecule has 0 bridgehead atoms. The number of carbonyl (C=O) groups excluding carboxylic acids is 2. The van der Waals surface area contributed by atoms with Crippen LogP contribution in [0, 0.1) is 5.82 Å². The topological polar surface area (TPSA) is 102 Å². The van der Waals surface area contributed by atoms with E-state index in [4.69, 9.17) is 4.74 Å². The van der Waals surface area contributed by atoms with Crippen molar-refractivity contribution >= 4 is 33.1 Å². The molecule has 7 nitrogen and oxygen atoms in total. The van der Waals surface area contributed by atoms with Gasteiger partial charge in [0, 0.05) is 18.4 Å². The Balaban J connectivity index is 1.58. The van der Waals surface area contributed by atoms with Gasteiger partial charge in [0.1, 0.15) is 11.6 Å². The van der Waals surface area contributed by atoms with Gasteiger partial charge in [-0.15, -0.1) is 0 Å². The summed E-state index contributed by atoms with van der Waals surface area (Å²) in [6, 6.07) is 17.5. The number of carbonyl (C=O) groups is 2. The highest BCUT2D eigenvalue weighted by atomic mass is 32.2. The van der Waals surface area contributed by atoms with Crippen LogP contribution in [0.2, 0.25) is 0 Å². The summed E-state index contributed by atoms with van der Waals surface area (Å²) in [5.41, 5.74) is 0.982. The number of hydrogen-bond acceptors (Lipinski definition) is 5. The highest BCUT2D eigenvalue weighted by molar-refractivity contribution is 7.92. The molecular formula is C24H23FN2O5S.